The molecule has 5 heteroatoms. The van der Waals surface area contributed by atoms with Crippen molar-refractivity contribution in [2.45, 2.75) is 13.0 Å². The minimum Gasteiger partial charge on any atom is -0.492 e. The van der Waals surface area contributed by atoms with Gasteiger partial charge in [-0.05, 0) is 43.3 Å². The van der Waals surface area contributed by atoms with Crippen LogP contribution in [0.2, 0.25) is 0 Å². The molecule has 0 fully saturated rings. The molecule has 2 rings (SSSR count). The lowest BCUT2D eigenvalue weighted by Crippen LogP contribution is -2.38. The molecule has 2 aromatic rings. The van der Waals surface area contributed by atoms with Crippen molar-refractivity contribution >= 4 is 5.91 Å². The maximum absolute atomic E-state index is 12.8. The minimum atomic E-state index is -0.665. The van der Waals surface area contributed by atoms with E-state index in [9.17, 15) is 9.18 Å². The summed E-state index contributed by atoms with van der Waals surface area (Å²) in [7, 11) is 0. The van der Waals surface area contributed by atoms with Gasteiger partial charge in [0.25, 0.3) is 5.91 Å². The van der Waals surface area contributed by atoms with E-state index in [-0.39, 0.29) is 11.7 Å². The van der Waals surface area contributed by atoms with Crippen molar-refractivity contribution in [3.05, 3.63) is 60.4 Å². The van der Waals surface area contributed by atoms with Gasteiger partial charge in [0.1, 0.15) is 23.9 Å². The molecule has 0 radical (unpaired) electrons. The number of rotatable bonds is 7. The zero-order valence-electron chi connectivity index (χ0n) is 12.3. The zero-order valence-corrected chi connectivity index (χ0v) is 12.3. The summed E-state index contributed by atoms with van der Waals surface area (Å²) in [6.45, 7) is 2.39. The fourth-order valence-corrected chi connectivity index (χ4v) is 1.77. The number of hydrogen-bond donors (Lipinski definition) is 1. The number of halogens is 1. The normalized spacial score (nSPS) is 11.5. The Hall–Kier alpha value is -2.56. The standard InChI is InChI=1S/C17H18FNO3/c1-13(22-16-9-7-14(18)8-10-16)17(20)19-11-12-21-15-5-3-2-4-6-15/h2-10,13H,11-12H2,1H3,(H,19,20)/t13-/m1/s1. The van der Waals surface area contributed by atoms with Gasteiger partial charge in [0.05, 0.1) is 6.54 Å². The van der Waals surface area contributed by atoms with E-state index in [0.717, 1.165) is 5.75 Å². The Morgan fingerprint density at radius 1 is 1.09 bits per heavy atom. The molecule has 0 aliphatic carbocycles. The number of benzene rings is 2. The molecule has 2 aromatic carbocycles. The van der Waals surface area contributed by atoms with Crippen LogP contribution in [0.1, 0.15) is 6.92 Å². The Labute approximate surface area is 128 Å². The summed E-state index contributed by atoms with van der Waals surface area (Å²) in [6, 6.07) is 14.9. The quantitative estimate of drug-likeness (QED) is 0.800. The molecule has 1 atom stereocenters. The summed E-state index contributed by atoms with van der Waals surface area (Å²) in [4.78, 5) is 11.9. The Kier molecular flexibility index (Phi) is 5.77. The topological polar surface area (TPSA) is 47.6 Å². The van der Waals surface area contributed by atoms with E-state index in [2.05, 4.69) is 5.32 Å². The molecule has 4 nitrogen and oxygen atoms in total. The van der Waals surface area contributed by atoms with E-state index >= 15 is 0 Å². The van der Waals surface area contributed by atoms with Gasteiger partial charge in [-0.3, -0.25) is 4.79 Å². The van der Waals surface area contributed by atoms with Gasteiger partial charge >= 0.3 is 0 Å². The average molecular weight is 303 g/mol. The lowest BCUT2D eigenvalue weighted by Gasteiger charge is -2.15. The number of carbonyl (C=O) groups is 1. The molecule has 0 saturated carbocycles. The first-order valence-electron chi connectivity index (χ1n) is 7.03. The number of ether oxygens (including phenoxy) is 2. The molecule has 0 spiro atoms. The van der Waals surface area contributed by atoms with Gasteiger partial charge in [-0.15, -0.1) is 0 Å². The molecule has 0 saturated heterocycles. The highest BCUT2D eigenvalue weighted by Gasteiger charge is 2.13. The van der Waals surface area contributed by atoms with E-state index in [1.807, 2.05) is 30.3 Å². The highest BCUT2D eigenvalue weighted by atomic mass is 19.1. The number of para-hydroxylation sites is 1. The lowest BCUT2D eigenvalue weighted by atomic mass is 10.3. The van der Waals surface area contributed by atoms with E-state index in [4.69, 9.17) is 9.47 Å². The summed E-state index contributed by atoms with van der Waals surface area (Å²) in [5.41, 5.74) is 0. The maximum Gasteiger partial charge on any atom is 0.260 e. The first-order chi connectivity index (χ1) is 10.6. The highest BCUT2D eigenvalue weighted by molar-refractivity contribution is 5.80. The van der Waals surface area contributed by atoms with Crippen LogP contribution in [-0.4, -0.2) is 25.2 Å². The summed E-state index contributed by atoms with van der Waals surface area (Å²) in [5.74, 6) is 0.612. The third kappa shape index (κ3) is 5.09. The van der Waals surface area contributed by atoms with Crippen molar-refractivity contribution in [3.8, 4) is 11.5 Å². The van der Waals surface area contributed by atoms with Crippen molar-refractivity contribution in [1.29, 1.82) is 0 Å². The van der Waals surface area contributed by atoms with Gasteiger partial charge in [0, 0.05) is 0 Å². The molecule has 0 aromatic heterocycles. The molecule has 1 N–H and O–H groups in total. The maximum atomic E-state index is 12.8. The fraction of sp³-hybridized carbons (Fsp3) is 0.235. The summed E-state index contributed by atoms with van der Waals surface area (Å²) >= 11 is 0. The second-order valence-corrected chi connectivity index (χ2v) is 4.67. The van der Waals surface area contributed by atoms with Crippen LogP contribution in [0, 0.1) is 5.82 Å². The van der Waals surface area contributed by atoms with Gasteiger partial charge in [-0.1, -0.05) is 18.2 Å². The zero-order chi connectivity index (χ0) is 15.8. The van der Waals surface area contributed by atoms with Gasteiger partial charge in [0.2, 0.25) is 0 Å². The molecule has 116 valence electrons. The van der Waals surface area contributed by atoms with Crippen LogP contribution in [0.25, 0.3) is 0 Å². The largest absolute Gasteiger partial charge is 0.492 e. The van der Waals surface area contributed by atoms with Crippen LogP contribution in [0.15, 0.2) is 54.6 Å². The smallest absolute Gasteiger partial charge is 0.260 e. The van der Waals surface area contributed by atoms with E-state index in [1.165, 1.54) is 24.3 Å². The van der Waals surface area contributed by atoms with Gasteiger partial charge in [-0.2, -0.15) is 0 Å². The second kappa shape index (κ2) is 8.02. The summed E-state index contributed by atoms with van der Waals surface area (Å²) < 4.78 is 23.7. The van der Waals surface area contributed by atoms with Gasteiger partial charge in [-0.25, -0.2) is 4.39 Å². The monoisotopic (exact) mass is 303 g/mol. The SMILES string of the molecule is C[C@@H](Oc1ccc(F)cc1)C(=O)NCCOc1ccccc1. The number of amides is 1. The van der Waals surface area contributed by atoms with Crippen LogP contribution in [0.4, 0.5) is 4.39 Å². The molecular weight excluding hydrogens is 285 g/mol. The van der Waals surface area contributed by atoms with Crippen molar-refractivity contribution in [3.63, 3.8) is 0 Å². The number of carbonyl (C=O) groups excluding carboxylic acids is 1. The van der Waals surface area contributed by atoms with E-state index < -0.39 is 6.10 Å². The van der Waals surface area contributed by atoms with Crippen molar-refractivity contribution in [2.75, 3.05) is 13.2 Å². The van der Waals surface area contributed by atoms with Crippen LogP contribution >= 0.6 is 0 Å². The van der Waals surface area contributed by atoms with Crippen LogP contribution in [0.3, 0.4) is 0 Å². The predicted octanol–water partition coefficient (Wildman–Crippen LogP) is 2.79. The van der Waals surface area contributed by atoms with Crippen LogP contribution in [0.5, 0.6) is 11.5 Å². The molecule has 0 unspecified atom stereocenters. The summed E-state index contributed by atoms with van der Waals surface area (Å²) in [6.07, 6.45) is -0.665. The number of hydrogen-bond acceptors (Lipinski definition) is 3. The van der Waals surface area contributed by atoms with Crippen LogP contribution < -0.4 is 14.8 Å². The minimum absolute atomic E-state index is 0.249. The third-order valence-corrected chi connectivity index (χ3v) is 2.91. The Morgan fingerprint density at radius 2 is 1.77 bits per heavy atom. The van der Waals surface area contributed by atoms with E-state index in [0.29, 0.717) is 18.9 Å². The first-order valence-corrected chi connectivity index (χ1v) is 7.03. The Morgan fingerprint density at radius 3 is 2.45 bits per heavy atom. The molecule has 0 aliphatic heterocycles. The van der Waals surface area contributed by atoms with E-state index in [1.54, 1.807) is 6.92 Å². The average Bonchev–Trinajstić information content (AvgIpc) is 2.54. The van der Waals surface area contributed by atoms with Crippen LogP contribution in [-0.2, 0) is 4.79 Å². The Bertz CT molecular complexity index is 587. The summed E-state index contributed by atoms with van der Waals surface area (Å²) in [5, 5.41) is 2.72. The molecule has 22 heavy (non-hydrogen) atoms. The molecule has 0 heterocycles. The molecule has 0 aliphatic rings. The predicted molar refractivity (Wildman–Crippen MR) is 81.4 cm³/mol. The van der Waals surface area contributed by atoms with Crippen molar-refractivity contribution in [1.82, 2.24) is 5.32 Å². The second-order valence-electron chi connectivity index (χ2n) is 4.67. The Balaban J connectivity index is 1.69. The first kappa shape index (κ1) is 15.8. The highest BCUT2D eigenvalue weighted by Crippen LogP contribution is 2.13. The van der Waals surface area contributed by atoms with Crippen molar-refractivity contribution in [2.24, 2.45) is 0 Å². The van der Waals surface area contributed by atoms with Gasteiger partial charge in [0.15, 0.2) is 6.10 Å². The molecule has 0 bridgehead atoms. The third-order valence-electron chi connectivity index (χ3n) is 2.91. The molecular formula is C17H18FNO3. The molecule has 1 amide bonds. The lowest BCUT2D eigenvalue weighted by molar-refractivity contribution is -0.127. The van der Waals surface area contributed by atoms with Gasteiger partial charge < -0.3 is 14.8 Å². The van der Waals surface area contributed by atoms with Crippen molar-refractivity contribution < 1.29 is 18.7 Å². The number of nitrogens with one attached hydrogen (secondary N) is 1. The fourth-order valence-electron chi connectivity index (χ4n) is 1.77.